The molecule has 1 nitrogen and oxygen atoms in total. The third-order valence-electron chi connectivity index (χ3n) is 3.71. The fourth-order valence-electron chi connectivity index (χ4n) is 2.47. The number of Topliss-reactive ketones (excluding diaryl/α,β-unsaturated/α-hetero) is 1. The van der Waals surface area contributed by atoms with E-state index in [1.807, 2.05) is 84.9 Å². The molecule has 0 heterocycles. The Bertz CT molecular complexity index is 785. The molecule has 0 spiro atoms. The Morgan fingerprint density at radius 3 is 2.04 bits per heavy atom. The van der Waals surface area contributed by atoms with Crippen LogP contribution in [0.15, 0.2) is 89.8 Å². The maximum absolute atomic E-state index is 13.0. The molecular weight excluding hydrogens is 336 g/mol. The summed E-state index contributed by atoms with van der Waals surface area (Å²) in [6.45, 7) is 0. The Morgan fingerprint density at radius 2 is 1.42 bits per heavy atom. The lowest BCUT2D eigenvalue weighted by atomic mass is 10.0. The number of hydrogen-bond donors (Lipinski definition) is 0. The summed E-state index contributed by atoms with van der Waals surface area (Å²) < 4.78 is 0. The molecule has 3 aromatic carbocycles. The van der Waals surface area contributed by atoms with E-state index < -0.39 is 0 Å². The van der Waals surface area contributed by atoms with Crippen LogP contribution in [-0.4, -0.2) is 11.0 Å². The zero-order valence-electron chi connectivity index (χ0n) is 13.1. The molecule has 1 atom stereocenters. The van der Waals surface area contributed by atoms with Crippen molar-refractivity contribution in [2.24, 2.45) is 0 Å². The molecule has 0 aliphatic heterocycles. The van der Waals surface area contributed by atoms with Crippen molar-refractivity contribution < 1.29 is 4.79 Å². The molecule has 3 aromatic rings. The van der Waals surface area contributed by atoms with E-state index in [-0.39, 0.29) is 11.0 Å². The number of hydrogen-bond acceptors (Lipinski definition) is 2. The van der Waals surface area contributed by atoms with Crippen LogP contribution in [0.5, 0.6) is 0 Å². The standard InChI is InChI=1S/C21H17ClOS/c22-18-13-11-16(12-14-18)15-20(24-19-9-5-2-6-10-19)21(23)17-7-3-1-4-8-17/h1-14,20H,15H2. The summed E-state index contributed by atoms with van der Waals surface area (Å²) in [6.07, 6.45) is 0.671. The maximum atomic E-state index is 13.0. The third-order valence-corrected chi connectivity index (χ3v) is 5.17. The van der Waals surface area contributed by atoms with E-state index >= 15 is 0 Å². The number of ketones is 1. The average molecular weight is 353 g/mol. The van der Waals surface area contributed by atoms with Gasteiger partial charge in [0.1, 0.15) is 0 Å². The lowest BCUT2D eigenvalue weighted by Gasteiger charge is -2.16. The minimum Gasteiger partial charge on any atom is -0.293 e. The number of carbonyl (C=O) groups excluding carboxylic acids is 1. The van der Waals surface area contributed by atoms with Gasteiger partial charge in [-0.15, -0.1) is 11.8 Å². The zero-order chi connectivity index (χ0) is 16.8. The molecule has 0 fully saturated rings. The van der Waals surface area contributed by atoms with Gasteiger partial charge < -0.3 is 0 Å². The first-order valence-corrected chi connectivity index (χ1v) is 9.03. The van der Waals surface area contributed by atoms with Crippen molar-refractivity contribution in [3.8, 4) is 0 Å². The molecule has 0 aliphatic carbocycles. The van der Waals surface area contributed by atoms with Crippen LogP contribution >= 0.6 is 23.4 Å². The number of benzene rings is 3. The van der Waals surface area contributed by atoms with Gasteiger partial charge in [-0.1, -0.05) is 72.3 Å². The molecule has 0 aromatic heterocycles. The van der Waals surface area contributed by atoms with Gasteiger partial charge in [0.2, 0.25) is 0 Å². The predicted octanol–water partition coefficient (Wildman–Crippen LogP) is 5.93. The normalized spacial score (nSPS) is 11.9. The van der Waals surface area contributed by atoms with Gasteiger partial charge in [0.05, 0.1) is 5.25 Å². The summed E-state index contributed by atoms with van der Waals surface area (Å²) in [5, 5.41) is 0.538. The SMILES string of the molecule is O=C(c1ccccc1)C(Cc1ccc(Cl)cc1)Sc1ccccc1. The van der Waals surface area contributed by atoms with Gasteiger partial charge in [-0.05, 0) is 36.2 Å². The van der Waals surface area contributed by atoms with Crippen LogP contribution in [0.2, 0.25) is 5.02 Å². The Kier molecular flexibility index (Phi) is 5.73. The number of thioether (sulfide) groups is 1. The van der Waals surface area contributed by atoms with Crippen LogP contribution in [0.4, 0.5) is 0 Å². The van der Waals surface area contributed by atoms with E-state index in [1.165, 1.54) is 0 Å². The van der Waals surface area contributed by atoms with Crippen molar-refractivity contribution in [3.63, 3.8) is 0 Å². The van der Waals surface area contributed by atoms with Gasteiger partial charge in [0, 0.05) is 15.5 Å². The Balaban J connectivity index is 1.85. The van der Waals surface area contributed by atoms with Gasteiger partial charge in [-0.25, -0.2) is 0 Å². The Hall–Kier alpha value is -2.03. The lowest BCUT2D eigenvalue weighted by Crippen LogP contribution is -2.20. The number of rotatable bonds is 6. The van der Waals surface area contributed by atoms with E-state index in [4.69, 9.17) is 11.6 Å². The molecule has 120 valence electrons. The molecule has 0 radical (unpaired) electrons. The van der Waals surface area contributed by atoms with Crippen molar-refractivity contribution >= 4 is 29.1 Å². The van der Waals surface area contributed by atoms with Crippen molar-refractivity contribution in [1.29, 1.82) is 0 Å². The zero-order valence-corrected chi connectivity index (χ0v) is 14.6. The minimum atomic E-state index is -0.170. The van der Waals surface area contributed by atoms with Gasteiger partial charge in [0.15, 0.2) is 5.78 Å². The topological polar surface area (TPSA) is 17.1 Å². The van der Waals surface area contributed by atoms with Crippen LogP contribution in [-0.2, 0) is 6.42 Å². The van der Waals surface area contributed by atoms with Crippen molar-refractivity contribution in [2.45, 2.75) is 16.6 Å². The molecule has 0 saturated carbocycles. The summed E-state index contributed by atoms with van der Waals surface area (Å²) in [6, 6.07) is 27.2. The third kappa shape index (κ3) is 4.50. The highest BCUT2D eigenvalue weighted by molar-refractivity contribution is 8.00. The van der Waals surface area contributed by atoms with Crippen molar-refractivity contribution in [3.05, 3.63) is 101 Å². The molecule has 0 amide bonds. The molecule has 0 N–H and O–H groups in total. The molecule has 0 aliphatic rings. The van der Waals surface area contributed by atoms with E-state index in [1.54, 1.807) is 11.8 Å². The molecule has 0 saturated heterocycles. The van der Waals surface area contributed by atoms with E-state index in [9.17, 15) is 4.79 Å². The van der Waals surface area contributed by atoms with Gasteiger partial charge in [-0.2, -0.15) is 0 Å². The first-order valence-electron chi connectivity index (χ1n) is 7.78. The predicted molar refractivity (Wildman–Crippen MR) is 102 cm³/mol. The summed E-state index contributed by atoms with van der Waals surface area (Å²) in [5.74, 6) is 0.152. The molecule has 0 bridgehead atoms. The van der Waals surface area contributed by atoms with E-state index in [0.29, 0.717) is 11.4 Å². The van der Waals surface area contributed by atoms with Crippen molar-refractivity contribution in [1.82, 2.24) is 0 Å². The van der Waals surface area contributed by atoms with Crippen LogP contribution in [0, 0.1) is 0 Å². The summed E-state index contributed by atoms with van der Waals surface area (Å²) >= 11 is 7.57. The summed E-state index contributed by atoms with van der Waals surface area (Å²) in [4.78, 5) is 14.1. The number of carbonyl (C=O) groups is 1. The summed E-state index contributed by atoms with van der Waals surface area (Å²) in [7, 11) is 0. The van der Waals surface area contributed by atoms with Crippen LogP contribution in [0.1, 0.15) is 15.9 Å². The fourth-order valence-corrected chi connectivity index (χ4v) is 3.76. The molecule has 1 unspecified atom stereocenters. The van der Waals surface area contributed by atoms with E-state index in [0.717, 1.165) is 16.0 Å². The second-order valence-corrected chi connectivity index (χ2v) is 7.19. The minimum absolute atomic E-state index is 0.152. The van der Waals surface area contributed by atoms with E-state index in [2.05, 4.69) is 0 Å². The van der Waals surface area contributed by atoms with Gasteiger partial charge >= 0.3 is 0 Å². The van der Waals surface area contributed by atoms with Crippen molar-refractivity contribution in [2.75, 3.05) is 0 Å². The molecule has 3 heteroatoms. The average Bonchev–Trinajstić information content (AvgIpc) is 2.64. The Labute approximate surface area is 151 Å². The summed E-state index contributed by atoms with van der Waals surface area (Å²) in [5.41, 5.74) is 1.86. The van der Waals surface area contributed by atoms with Gasteiger partial charge in [0.25, 0.3) is 0 Å². The quantitative estimate of drug-likeness (QED) is 0.404. The second-order valence-electron chi connectivity index (χ2n) is 5.48. The molecule has 3 rings (SSSR count). The highest BCUT2D eigenvalue weighted by Crippen LogP contribution is 2.28. The first kappa shape index (κ1) is 16.8. The maximum Gasteiger partial charge on any atom is 0.176 e. The number of halogens is 1. The largest absolute Gasteiger partial charge is 0.293 e. The monoisotopic (exact) mass is 352 g/mol. The smallest absolute Gasteiger partial charge is 0.176 e. The van der Waals surface area contributed by atoms with Gasteiger partial charge in [-0.3, -0.25) is 4.79 Å². The van der Waals surface area contributed by atoms with Crippen LogP contribution in [0.3, 0.4) is 0 Å². The van der Waals surface area contributed by atoms with Crippen LogP contribution in [0.25, 0.3) is 0 Å². The lowest BCUT2D eigenvalue weighted by molar-refractivity contribution is 0.0989. The van der Waals surface area contributed by atoms with Crippen LogP contribution < -0.4 is 0 Å². The molecule has 24 heavy (non-hydrogen) atoms. The first-order chi connectivity index (χ1) is 11.7. The molecular formula is C21H17ClOS. The Morgan fingerprint density at radius 1 is 0.833 bits per heavy atom. The fraction of sp³-hybridized carbons (Fsp3) is 0.0952. The highest BCUT2D eigenvalue weighted by atomic mass is 35.5. The highest BCUT2D eigenvalue weighted by Gasteiger charge is 2.21. The second kappa shape index (κ2) is 8.18.